The second-order valence-corrected chi connectivity index (χ2v) is 5.58. The molecule has 3 heteroatoms. The number of nitrogens with two attached hydrogens (primary N) is 1. The van der Waals surface area contributed by atoms with E-state index >= 15 is 0 Å². The van der Waals surface area contributed by atoms with Gasteiger partial charge >= 0.3 is 0 Å². The van der Waals surface area contributed by atoms with Crippen molar-refractivity contribution in [3.63, 3.8) is 0 Å². The monoisotopic (exact) mass is 304 g/mol. The molecule has 0 aliphatic rings. The van der Waals surface area contributed by atoms with E-state index in [1.165, 1.54) is 16.5 Å². The Labute approximate surface area is 136 Å². The van der Waals surface area contributed by atoms with Gasteiger partial charge in [-0.3, -0.25) is 4.79 Å². The molecule has 1 amide bonds. The lowest BCUT2D eigenvalue weighted by atomic mass is 10.1. The molecule has 0 aliphatic carbocycles. The molecule has 3 rings (SSSR count). The Kier molecular flexibility index (Phi) is 4.29. The van der Waals surface area contributed by atoms with E-state index < -0.39 is 0 Å². The Morgan fingerprint density at radius 1 is 1.00 bits per heavy atom. The molecule has 0 radical (unpaired) electrons. The number of benzene rings is 3. The summed E-state index contributed by atoms with van der Waals surface area (Å²) in [5, 5.41) is 2.47. The molecule has 0 heterocycles. The van der Waals surface area contributed by atoms with Crippen molar-refractivity contribution in [2.24, 2.45) is 5.73 Å². The lowest BCUT2D eigenvalue weighted by Gasteiger charge is -2.25. The van der Waals surface area contributed by atoms with Gasteiger partial charge in [-0.15, -0.1) is 0 Å². The van der Waals surface area contributed by atoms with Crippen LogP contribution >= 0.6 is 0 Å². The summed E-state index contributed by atoms with van der Waals surface area (Å²) in [7, 11) is 0. The van der Waals surface area contributed by atoms with E-state index in [0.29, 0.717) is 5.56 Å². The van der Waals surface area contributed by atoms with Gasteiger partial charge in [0.2, 0.25) is 5.91 Å². The summed E-state index contributed by atoms with van der Waals surface area (Å²) in [5.41, 5.74) is 8.21. The molecule has 0 aliphatic heterocycles. The Bertz CT molecular complexity index is 836. The van der Waals surface area contributed by atoms with Gasteiger partial charge in [0.15, 0.2) is 0 Å². The zero-order chi connectivity index (χ0) is 16.2. The number of carbonyl (C=O) groups excluding carboxylic acids is 1. The lowest BCUT2D eigenvalue weighted by molar-refractivity contribution is 0.1000. The second-order valence-electron chi connectivity index (χ2n) is 5.58. The van der Waals surface area contributed by atoms with Crippen LogP contribution in [0.25, 0.3) is 10.8 Å². The third kappa shape index (κ3) is 3.19. The highest BCUT2D eigenvalue weighted by Crippen LogP contribution is 2.27. The number of anilines is 1. The Hall–Kier alpha value is -2.81. The Balaban J connectivity index is 1.96. The maximum Gasteiger partial charge on any atom is 0.248 e. The number of rotatable bonds is 5. The summed E-state index contributed by atoms with van der Waals surface area (Å²) < 4.78 is 0. The van der Waals surface area contributed by atoms with Gasteiger partial charge < -0.3 is 10.6 Å². The molecule has 0 fully saturated rings. The lowest BCUT2D eigenvalue weighted by Crippen LogP contribution is -2.22. The van der Waals surface area contributed by atoms with Crippen molar-refractivity contribution in [3.8, 4) is 0 Å². The van der Waals surface area contributed by atoms with Crippen LogP contribution in [0.5, 0.6) is 0 Å². The molecule has 3 aromatic rings. The average molecular weight is 304 g/mol. The molecule has 0 aromatic heterocycles. The molecule has 116 valence electrons. The predicted molar refractivity (Wildman–Crippen MR) is 95.6 cm³/mol. The van der Waals surface area contributed by atoms with Crippen LogP contribution < -0.4 is 10.6 Å². The first-order valence-corrected chi connectivity index (χ1v) is 7.80. The summed E-state index contributed by atoms with van der Waals surface area (Å²) in [4.78, 5) is 13.7. The summed E-state index contributed by atoms with van der Waals surface area (Å²) in [6.07, 6.45) is 0. The first-order chi connectivity index (χ1) is 11.2. The highest BCUT2D eigenvalue weighted by atomic mass is 16.1. The van der Waals surface area contributed by atoms with Crippen LogP contribution in [0.4, 0.5) is 5.69 Å². The van der Waals surface area contributed by atoms with E-state index in [0.717, 1.165) is 18.7 Å². The quantitative estimate of drug-likeness (QED) is 0.775. The van der Waals surface area contributed by atoms with Crippen molar-refractivity contribution < 1.29 is 4.79 Å². The van der Waals surface area contributed by atoms with Crippen LogP contribution in [0.3, 0.4) is 0 Å². The third-order valence-corrected chi connectivity index (χ3v) is 4.07. The van der Waals surface area contributed by atoms with Crippen LogP contribution in [0.2, 0.25) is 0 Å². The highest BCUT2D eigenvalue weighted by Gasteiger charge is 2.10. The molecule has 3 aromatic carbocycles. The first kappa shape index (κ1) is 15.1. The first-order valence-electron chi connectivity index (χ1n) is 7.80. The number of hydrogen-bond donors (Lipinski definition) is 1. The molecular formula is C20H20N2O. The van der Waals surface area contributed by atoms with Crippen molar-refractivity contribution in [2.75, 3.05) is 11.4 Å². The van der Waals surface area contributed by atoms with E-state index in [-0.39, 0.29) is 5.91 Å². The molecule has 0 saturated carbocycles. The number of primary amides is 1. The number of nitrogens with zero attached hydrogens (tertiary/aromatic N) is 1. The highest BCUT2D eigenvalue weighted by molar-refractivity contribution is 5.94. The van der Waals surface area contributed by atoms with Crippen LogP contribution in [0.1, 0.15) is 22.8 Å². The molecule has 0 bridgehead atoms. The normalized spacial score (nSPS) is 10.7. The van der Waals surface area contributed by atoms with Crippen molar-refractivity contribution in [1.29, 1.82) is 0 Å². The van der Waals surface area contributed by atoms with Gasteiger partial charge in [0.1, 0.15) is 0 Å². The Morgan fingerprint density at radius 2 is 1.74 bits per heavy atom. The standard InChI is InChI=1S/C20H20N2O/c1-2-22(14-15-7-5-10-17(13-15)20(21)23)19-12-6-9-16-8-3-4-11-18(16)19/h3-13H,2,14H2,1H3,(H2,21,23). The fourth-order valence-electron chi connectivity index (χ4n) is 2.89. The maximum atomic E-state index is 11.4. The van der Waals surface area contributed by atoms with E-state index in [1.54, 1.807) is 6.07 Å². The SMILES string of the molecule is CCN(Cc1cccc(C(N)=O)c1)c1cccc2ccccc12. The zero-order valence-electron chi connectivity index (χ0n) is 13.2. The number of fused-ring (bicyclic) bond motifs is 1. The van der Waals surface area contributed by atoms with E-state index in [4.69, 9.17) is 5.73 Å². The minimum absolute atomic E-state index is 0.389. The van der Waals surface area contributed by atoms with E-state index in [9.17, 15) is 4.79 Å². The average Bonchev–Trinajstić information content (AvgIpc) is 2.59. The zero-order valence-corrected chi connectivity index (χ0v) is 13.2. The van der Waals surface area contributed by atoms with Crippen molar-refractivity contribution in [3.05, 3.63) is 77.9 Å². The molecule has 0 unspecified atom stereocenters. The van der Waals surface area contributed by atoms with Crippen LogP contribution in [-0.4, -0.2) is 12.5 Å². The summed E-state index contributed by atoms with van der Waals surface area (Å²) >= 11 is 0. The molecular weight excluding hydrogens is 284 g/mol. The van der Waals surface area contributed by atoms with Gasteiger partial charge in [-0.1, -0.05) is 48.5 Å². The fourth-order valence-corrected chi connectivity index (χ4v) is 2.89. The second kappa shape index (κ2) is 6.53. The van der Waals surface area contributed by atoms with Crippen LogP contribution in [0.15, 0.2) is 66.7 Å². The van der Waals surface area contributed by atoms with Crippen LogP contribution in [-0.2, 0) is 6.54 Å². The van der Waals surface area contributed by atoms with Gasteiger partial charge in [0, 0.05) is 29.7 Å². The molecule has 2 N–H and O–H groups in total. The minimum Gasteiger partial charge on any atom is -0.367 e. The van der Waals surface area contributed by atoms with E-state index in [1.807, 2.05) is 18.2 Å². The summed E-state index contributed by atoms with van der Waals surface area (Å²) in [6, 6.07) is 22.3. The molecule has 3 nitrogen and oxygen atoms in total. The maximum absolute atomic E-state index is 11.4. The molecule has 0 saturated heterocycles. The van der Waals surface area contributed by atoms with Crippen molar-refractivity contribution >= 4 is 22.4 Å². The van der Waals surface area contributed by atoms with Gasteiger partial charge in [-0.25, -0.2) is 0 Å². The molecule has 0 atom stereocenters. The third-order valence-electron chi connectivity index (χ3n) is 4.07. The fraction of sp³-hybridized carbons (Fsp3) is 0.150. The molecule has 0 spiro atoms. The van der Waals surface area contributed by atoms with Gasteiger partial charge in [0.25, 0.3) is 0 Å². The van der Waals surface area contributed by atoms with Crippen molar-refractivity contribution in [1.82, 2.24) is 0 Å². The molecule has 23 heavy (non-hydrogen) atoms. The number of carbonyl (C=O) groups is 1. The van der Waals surface area contributed by atoms with Gasteiger partial charge in [0.05, 0.1) is 0 Å². The minimum atomic E-state index is -0.389. The van der Waals surface area contributed by atoms with Gasteiger partial charge in [-0.05, 0) is 36.1 Å². The summed E-state index contributed by atoms with van der Waals surface area (Å²) in [5.74, 6) is -0.389. The summed E-state index contributed by atoms with van der Waals surface area (Å²) in [6.45, 7) is 3.76. The van der Waals surface area contributed by atoms with Crippen molar-refractivity contribution in [2.45, 2.75) is 13.5 Å². The van der Waals surface area contributed by atoms with Gasteiger partial charge in [-0.2, -0.15) is 0 Å². The van der Waals surface area contributed by atoms with E-state index in [2.05, 4.69) is 54.3 Å². The van der Waals surface area contributed by atoms with Crippen LogP contribution in [0, 0.1) is 0 Å². The smallest absolute Gasteiger partial charge is 0.248 e. The number of amides is 1. The Morgan fingerprint density at radius 3 is 2.52 bits per heavy atom. The predicted octanol–water partition coefficient (Wildman–Crippen LogP) is 3.97. The number of hydrogen-bond acceptors (Lipinski definition) is 2. The topological polar surface area (TPSA) is 46.3 Å². The largest absolute Gasteiger partial charge is 0.367 e.